The molecule has 2 aliphatic rings. The minimum absolute atomic E-state index is 0.0445. The maximum absolute atomic E-state index is 14.9. The van der Waals surface area contributed by atoms with E-state index in [-0.39, 0.29) is 17.3 Å². The number of piperidine rings is 1. The standard InChI is InChI=1S/C38H38F2N8O2S/c39-26-6-8-31(32(40)18-26)25(23-46-15-12-42-24-46)22-45-13-10-27(11-14-45)43-21-30-20-34-37(51-30)44-36(41)38(49)48(34)29-7-9-35-33(19-29)47(16-17-50-35)28-4-2-1-3-5-28/h1-9,12,15,18-20,24-25,27,43H,10-11,13-14,16-17,21-23H2,(H2,41,44)/t25-/m1/s1. The number of halogens is 2. The summed E-state index contributed by atoms with van der Waals surface area (Å²) in [6, 6.07) is 22.1. The third-order valence-corrected chi connectivity index (χ3v) is 10.8. The predicted octanol–water partition coefficient (Wildman–Crippen LogP) is 6.07. The molecule has 10 nitrogen and oxygen atoms in total. The van der Waals surface area contributed by atoms with Crippen LogP contribution in [0.1, 0.15) is 29.2 Å². The van der Waals surface area contributed by atoms with Crippen LogP contribution in [0.15, 0.2) is 96.3 Å². The number of aromatic nitrogens is 4. The Bertz CT molecular complexity index is 2200. The number of hydrogen-bond acceptors (Lipinski definition) is 9. The third kappa shape index (κ3) is 6.96. The number of benzene rings is 3. The van der Waals surface area contributed by atoms with Crippen molar-refractivity contribution in [3.8, 4) is 11.4 Å². The second-order valence-corrected chi connectivity index (χ2v) is 14.2. The highest BCUT2D eigenvalue weighted by Gasteiger charge is 2.26. The van der Waals surface area contributed by atoms with Gasteiger partial charge in [-0.1, -0.05) is 24.3 Å². The molecule has 1 saturated heterocycles. The van der Waals surface area contributed by atoms with Gasteiger partial charge in [-0.05, 0) is 74.0 Å². The lowest BCUT2D eigenvalue weighted by Gasteiger charge is -2.35. The highest BCUT2D eigenvalue weighted by Crippen LogP contribution is 2.38. The molecule has 8 rings (SSSR count). The molecule has 0 saturated carbocycles. The van der Waals surface area contributed by atoms with E-state index < -0.39 is 11.6 Å². The first-order valence-electron chi connectivity index (χ1n) is 17.2. The SMILES string of the molecule is Nc1nc2sc(CNC3CCN(C[C@H](Cn4ccnc4)c4ccc(F)cc4F)CC3)cc2n(-c2ccc3c(c2)N(c2ccccc2)CCO3)c1=O. The fourth-order valence-corrected chi connectivity index (χ4v) is 8.19. The van der Waals surface area contributed by atoms with Gasteiger partial charge in [0.1, 0.15) is 28.8 Å². The molecule has 1 fully saturated rings. The van der Waals surface area contributed by atoms with Crippen LogP contribution in [0.4, 0.5) is 26.0 Å². The van der Waals surface area contributed by atoms with Crippen LogP contribution in [0, 0.1) is 11.6 Å². The Kier molecular flexibility index (Phi) is 9.24. The van der Waals surface area contributed by atoms with Crippen molar-refractivity contribution in [3.05, 3.63) is 124 Å². The Morgan fingerprint density at radius 1 is 0.980 bits per heavy atom. The van der Waals surface area contributed by atoms with Crippen LogP contribution in [0.25, 0.3) is 16.0 Å². The molecule has 0 spiro atoms. The van der Waals surface area contributed by atoms with Crippen LogP contribution in [-0.2, 0) is 13.1 Å². The minimum atomic E-state index is -0.574. The molecule has 1 atom stereocenters. The summed E-state index contributed by atoms with van der Waals surface area (Å²) in [4.78, 5) is 28.4. The fourth-order valence-electron chi connectivity index (χ4n) is 7.22. The van der Waals surface area contributed by atoms with Crippen molar-refractivity contribution in [3.63, 3.8) is 0 Å². The van der Waals surface area contributed by atoms with E-state index in [1.54, 1.807) is 23.2 Å². The zero-order chi connectivity index (χ0) is 34.9. The van der Waals surface area contributed by atoms with E-state index in [1.807, 2.05) is 53.2 Å². The molecule has 262 valence electrons. The van der Waals surface area contributed by atoms with Gasteiger partial charge in [-0.25, -0.2) is 18.7 Å². The summed E-state index contributed by atoms with van der Waals surface area (Å²) in [7, 11) is 0. The molecule has 3 aromatic heterocycles. The number of rotatable bonds is 10. The molecule has 3 N–H and O–H groups in total. The summed E-state index contributed by atoms with van der Waals surface area (Å²) >= 11 is 1.53. The third-order valence-electron chi connectivity index (χ3n) is 9.79. The number of nitrogen functional groups attached to an aromatic ring is 1. The summed E-state index contributed by atoms with van der Waals surface area (Å²) in [6.45, 7) is 4.81. The molecule has 13 heteroatoms. The van der Waals surface area contributed by atoms with E-state index in [0.29, 0.717) is 60.4 Å². The van der Waals surface area contributed by atoms with Gasteiger partial charge in [0.05, 0.1) is 29.8 Å². The molecule has 3 aromatic carbocycles. The van der Waals surface area contributed by atoms with Crippen LogP contribution < -0.4 is 26.2 Å². The minimum Gasteiger partial charge on any atom is -0.490 e. The van der Waals surface area contributed by atoms with Crippen LogP contribution in [0.5, 0.6) is 5.75 Å². The first-order chi connectivity index (χ1) is 24.9. The van der Waals surface area contributed by atoms with E-state index in [4.69, 9.17) is 10.5 Å². The van der Waals surface area contributed by atoms with Crippen LogP contribution in [0.2, 0.25) is 0 Å². The molecule has 0 radical (unpaired) electrons. The average molecular weight is 709 g/mol. The van der Waals surface area contributed by atoms with Gasteiger partial charge in [0, 0.05) is 60.6 Å². The number of hydrogen-bond donors (Lipinski definition) is 2. The number of thiophene rings is 1. The van der Waals surface area contributed by atoms with Crippen molar-refractivity contribution >= 4 is 38.9 Å². The zero-order valence-electron chi connectivity index (χ0n) is 27.9. The molecule has 0 bridgehead atoms. The molecule has 5 heterocycles. The van der Waals surface area contributed by atoms with Crippen LogP contribution in [-0.4, -0.2) is 62.8 Å². The summed E-state index contributed by atoms with van der Waals surface area (Å²) in [5.41, 5.74) is 9.69. The number of likely N-dealkylation sites (tertiary alicyclic amines) is 1. The Labute approximate surface area is 297 Å². The van der Waals surface area contributed by atoms with Crippen molar-refractivity contribution in [2.45, 2.75) is 37.9 Å². The first kappa shape index (κ1) is 33.1. The number of nitrogens with two attached hydrogens (primary N) is 1. The maximum Gasteiger partial charge on any atom is 0.298 e. The predicted molar refractivity (Wildman–Crippen MR) is 196 cm³/mol. The number of nitrogens with one attached hydrogen (secondary N) is 1. The van der Waals surface area contributed by atoms with Crippen molar-refractivity contribution in [2.75, 3.05) is 43.4 Å². The van der Waals surface area contributed by atoms with E-state index in [1.165, 1.54) is 17.4 Å². The molecule has 0 unspecified atom stereocenters. The highest BCUT2D eigenvalue weighted by molar-refractivity contribution is 7.18. The Balaban J connectivity index is 0.960. The smallest absolute Gasteiger partial charge is 0.298 e. The lowest BCUT2D eigenvalue weighted by molar-refractivity contribution is 0.182. The number of fused-ring (bicyclic) bond motifs is 2. The van der Waals surface area contributed by atoms with Gasteiger partial charge < -0.3 is 30.2 Å². The summed E-state index contributed by atoms with van der Waals surface area (Å²) in [5.74, 6) is -0.523. The normalized spacial score (nSPS) is 15.9. The highest BCUT2D eigenvalue weighted by atomic mass is 32.1. The summed E-state index contributed by atoms with van der Waals surface area (Å²) in [5, 5.41) is 3.71. The van der Waals surface area contributed by atoms with Gasteiger partial charge >= 0.3 is 0 Å². The molecular formula is C38H38F2N8O2S. The molecular weight excluding hydrogens is 671 g/mol. The average Bonchev–Trinajstić information content (AvgIpc) is 3.81. The van der Waals surface area contributed by atoms with Crippen LogP contribution >= 0.6 is 11.3 Å². The van der Waals surface area contributed by atoms with Gasteiger partial charge in [-0.2, -0.15) is 0 Å². The molecule has 0 amide bonds. The van der Waals surface area contributed by atoms with Crippen molar-refractivity contribution in [2.24, 2.45) is 0 Å². The van der Waals surface area contributed by atoms with Gasteiger partial charge in [0.25, 0.3) is 5.56 Å². The zero-order valence-corrected chi connectivity index (χ0v) is 28.7. The van der Waals surface area contributed by atoms with E-state index in [9.17, 15) is 13.6 Å². The number of imidazole rings is 1. The molecule has 6 aromatic rings. The maximum atomic E-state index is 14.9. The lowest BCUT2D eigenvalue weighted by Crippen LogP contribution is -2.43. The van der Waals surface area contributed by atoms with E-state index >= 15 is 0 Å². The molecule has 51 heavy (non-hydrogen) atoms. The van der Waals surface area contributed by atoms with Gasteiger partial charge in [-0.3, -0.25) is 9.36 Å². The number of anilines is 3. The monoisotopic (exact) mass is 708 g/mol. The number of nitrogens with zero attached hydrogens (tertiary/aromatic N) is 6. The fraction of sp³-hybridized carbons (Fsp3) is 0.289. The molecule has 2 aliphatic heterocycles. The quantitative estimate of drug-likeness (QED) is 0.177. The van der Waals surface area contributed by atoms with Crippen LogP contribution in [0.3, 0.4) is 0 Å². The van der Waals surface area contributed by atoms with E-state index in [0.717, 1.165) is 54.0 Å². The first-order valence-corrected chi connectivity index (χ1v) is 18.0. The Hall–Kier alpha value is -5.11. The number of para-hydroxylation sites is 1. The van der Waals surface area contributed by atoms with Gasteiger partial charge in [-0.15, -0.1) is 11.3 Å². The number of ether oxygens (including phenoxy) is 1. The topological polar surface area (TPSA) is 106 Å². The van der Waals surface area contributed by atoms with Gasteiger partial charge in [0.2, 0.25) is 0 Å². The second kappa shape index (κ2) is 14.3. The van der Waals surface area contributed by atoms with Crippen molar-refractivity contribution in [1.82, 2.24) is 29.3 Å². The Morgan fingerprint density at radius 3 is 2.61 bits per heavy atom. The summed E-state index contributed by atoms with van der Waals surface area (Å²) < 4.78 is 38.1. The van der Waals surface area contributed by atoms with E-state index in [2.05, 4.69) is 37.2 Å². The Morgan fingerprint density at radius 2 is 1.82 bits per heavy atom. The largest absolute Gasteiger partial charge is 0.490 e. The molecule has 0 aliphatic carbocycles. The second-order valence-electron chi connectivity index (χ2n) is 13.1. The lowest BCUT2D eigenvalue weighted by atomic mass is 9.95. The summed E-state index contributed by atoms with van der Waals surface area (Å²) in [6.07, 6.45) is 7.16. The van der Waals surface area contributed by atoms with Crippen molar-refractivity contribution in [1.29, 1.82) is 0 Å². The van der Waals surface area contributed by atoms with Gasteiger partial charge in [0.15, 0.2) is 5.82 Å². The van der Waals surface area contributed by atoms with Crippen molar-refractivity contribution < 1.29 is 13.5 Å².